The van der Waals surface area contributed by atoms with Crippen molar-refractivity contribution in [2.75, 3.05) is 0 Å². The summed E-state index contributed by atoms with van der Waals surface area (Å²) in [6.07, 6.45) is 0. The van der Waals surface area contributed by atoms with Gasteiger partial charge in [-0.05, 0) is 68.3 Å². The fourth-order valence-corrected chi connectivity index (χ4v) is 4.55. The molecule has 0 saturated heterocycles. The molecule has 1 atom stereocenters. The summed E-state index contributed by atoms with van der Waals surface area (Å²) in [5.74, 6) is 0.948. The van der Waals surface area contributed by atoms with Gasteiger partial charge in [0, 0.05) is 5.56 Å². The lowest BCUT2D eigenvalue weighted by atomic mass is 10.1. The van der Waals surface area contributed by atoms with Gasteiger partial charge in [-0.15, -0.1) is 10.2 Å². The van der Waals surface area contributed by atoms with E-state index in [2.05, 4.69) is 17.1 Å². The molecule has 0 radical (unpaired) electrons. The Kier molecular flexibility index (Phi) is 5.56. The highest BCUT2D eigenvalue weighted by molar-refractivity contribution is 7.99. The van der Waals surface area contributed by atoms with Crippen molar-refractivity contribution in [1.82, 2.24) is 19.7 Å². The van der Waals surface area contributed by atoms with Crippen LogP contribution in [-0.2, 0) is 0 Å². The van der Waals surface area contributed by atoms with Crippen molar-refractivity contribution in [1.29, 1.82) is 0 Å². The number of rotatable bonds is 5. The molecule has 1 unspecified atom stereocenters. The van der Waals surface area contributed by atoms with Crippen LogP contribution in [0.1, 0.15) is 29.2 Å². The summed E-state index contributed by atoms with van der Waals surface area (Å²) in [5, 5.41) is 9.40. The number of aromatic nitrogens is 4. The van der Waals surface area contributed by atoms with E-state index in [4.69, 9.17) is 9.40 Å². The Bertz CT molecular complexity index is 1510. The van der Waals surface area contributed by atoms with Crippen LogP contribution in [0.25, 0.3) is 28.0 Å². The molecule has 33 heavy (non-hydrogen) atoms. The Labute approximate surface area is 195 Å². The lowest BCUT2D eigenvalue weighted by Crippen LogP contribution is -2.22. The third-order valence-corrected chi connectivity index (χ3v) is 6.62. The highest BCUT2D eigenvalue weighted by Gasteiger charge is 2.21. The van der Waals surface area contributed by atoms with Crippen LogP contribution in [0.4, 0.5) is 0 Å². The maximum atomic E-state index is 13.5. The summed E-state index contributed by atoms with van der Waals surface area (Å²) in [5.41, 5.74) is 4.49. The Hall–Kier alpha value is -3.71. The van der Waals surface area contributed by atoms with Gasteiger partial charge in [0.1, 0.15) is 0 Å². The van der Waals surface area contributed by atoms with E-state index in [1.54, 1.807) is 4.57 Å². The number of fused-ring (bicyclic) bond motifs is 1. The van der Waals surface area contributed by atoms with Gasteiger partial charge in [-0.2, -0.15) is 0 Å². The van der Waals surface area contributed by atoms with E-state index >= 15 is 0 Å². The number of thioether (sulfide) groups is 1. The largest absolute Gasteiger partial charge is 0.419 e. The molecule has 0 aliphatic rings. The number of aryl methyl sites for hydroxylation is 2. The standard InChI is InChI=1S/C26H22N4O2S/c1-16-13-14-20(15-17(16)2)30-25(31)21-11-7-8-12-22(21)27-26(30)33-18(3)23-28-29-24(32-23)19-9-5-4-6-10-19/h4-15,18H,1-3H3. The zero-order valence-electron chi connectivity index (χ0n) is 18.5. The van der Waals surface area contributed by atoms with Crippen molar-refractivity contribution in [3.05, 3.63) is 100 Å². The number of benzene rings is 3. The Morgan fingerprint density at radius 2 is 1.67 bits per heavy atom. The van der Waals surface area contributed by atoms with Crippen molar-refractivity contribution in [2.24, 2.45) is 0 Å². The van der Waals surface area contributed by atoms with Crippen LogP contribution in [0.5, 0.6) is 0 Å². The quantitative estimate of drug-likeness (QED) is 0.243. The van der Waals surface area contributed by atoms with Gasteiger partial charge in [0.05, 0.1) is 21.8 Å². The molecule has 2 heterocycles. The number of hydrogen-bond donors (Lipinski definition) is 0. The molecule has 2 aromatic heterocycles. The van der Waals surface area contributed by atoms with E-state index in [0.717, 1.165) is 16.8 Å². The maximum Gasteiger partial charge on any atom is 0.266 e. The Morgan fingerprint density at radius 3 is 2.45 bits per heavy atom. The Morgan fingerprint density at radius 1 is 0.909 bits per heavy atom. The van der Waals surface area contributed by atoms with E-state index in [0.29, 0.717) is 27.8 Å². The minimum atomic E-state index is -0.208. The van der Waals surface area contributed by atoms with Crippen LogP contribution in [0.15, 0.2) is 87.2 Å². The molecule has 7 heteroatoms. The number of nitrogens with zero attached hydrogens (tertiary/aromatic N) is 4. The number of para-hydroxylation sites is 1. The summed E-state index contributed by atoms with van der Waals surface area (Å²) in [7, 11) is 0. The van der Waals surface area contributed by atoms with Gasteiger partial charge in [-0.1, -0.05) is 48.2 Å². The first kappa shape index (κ1) is 21.2. The Balaban J connectivity index is 1.58. The second-order valence-electron chi connectivity index (χ2n) is 7.89. The molecule has 3 aromatic carbocycles. The van der Waals surface area contributed by atoms with E-state index < -0.39 is 0 Å². The molecular weight excluding hydrogens is 432 g/mol. The molecule has 164 valence electrons. The lowest BCUT2D eigenvalue weighted by Gasteiger charge is -2.16. The molecule has 6 nitrogen and oxygen atoms in total. The topological polar surface area (TPSA) is 73.8 Å². The average Bonchev–Trinajstić information content (AvgIpc) is 3.33. The molecule has 5 aromatic rings. The summed E-state index contributed by atoms with van der Waals surface area (Å²) in [4.78, 5) is 18.3. The fraction of sp³-hybridized carbons (Fsp3) is 0.154. The first-order chi connectivity index (χ1) is 16.0. The third kappa shape index (κ3) is 4.07. The normalized spacial score (nSPS) is 12.2. The predicted molar refractivity (Wildman–Crippen MR) is 131 cm³/mol. The zero-order valence-corrected chi connectivity index (χ0v) is 19.3. The fourth-order valence-electron chi connectivity index (χ4n) is 3.59. The minimum absolute atomic E-state index is 0.103. The van der Waals surface area contributed by atoms with E-state index in [9.17, 15) is 4.79 Å². The van der Waals surface area contributed by atoms with Crippen molar-refractivity contribution >= 4 is 22.7 Å². The van der Waals surface area contributed by atoms with Gasteiger partial charge in [0.25, 0.3) is 5.56 Å². The summed E-state index contributed by atoms with van der Waals surface area (Å²) >= 11 is 1.42. The van der Waals surface area contributed by atoms with Gasteiger partial charge >= 0.3 is 0 Å². The first-order valence-corrected chi connectivity index (χ1v) is 11.5. The molecule has 0 aliphatic carbocycles. The molecule has 0 spiro atoms. The van der Waals surface area contributed by atoms with Gasteiger partial charge in [-0.3, -0.25) is 9.36 Å². The van der Waals surface area contributed by atoms with Gasteiger partial charge in [-0.25, -0.2) is 4.98 Å². The van der Waals surface area contributed by atoms with Gasteiger partial charge in [0.2, 0.25) is 11.8 Å². The van der Waals surface area contributed by atoms with E-state index in [-0.39, 0.29) is 10.8 Å². The van der Waals surface area contributed by atoms with Crippen molar-refractivity contribution in [3.8, 4) is 17.1 Å². The zero-order chi connectivity index (χ0) is 22.9. The average molecular weight is 455 g/mol. The SMILES string of the molecule is Cc1ccc(-n2c(SC(C)c3nnc(-c4ccccc4)o3)nc3ccccc3c2=O)cc1C. The van der Waals surface area contributed by atoms with Crippen molar-refractivity contribution in [3.63, 3.8) is 0 Å². The molecule has 0 N–H and O–H groups in total. The number of hydrogen-bond acceptors (Lipinski definition) is 6. The van der Waals surface area contributed by atoms with Crippen LogP contribution < -0.4 is 5.56 Å². The second kappa shape index (κ2) is 8.67. The molecular formula is C26H22N4O2S. The molecule has 0 saturated carbocycles. The van der Waals surface area contributed by atoms with Crippen LogP contribution in [-0.4, -0.2) is 19.7 Å². The predicted octanol–water partition coefficient (Wildman–Crippen LogP) is 5.91. The third-order valence-electron chi connectivity index (χ3n) is 5.58. The minimum Gasteiger partial charge on any atom is -0.419 e. The second-order valence-corrected chi connectivity index (χ2v) is 9.20. The monoisotopic (exact) mass is 454 g/mol. The molecule has 0 aliphatic heterocycles. The maximum absolute atomic E-state index is 13.5. The molecule has 0 fully saturated rings. The smallest absolute Gasteiger partial charge is 0.266 e. The van der Waals surface area contributed by atoms with Crippen LogP contribution in [0.2, 0.25) is 0 Å². The van der Waals surface area contributed by atoms with Crippen LogP contribution in [0.3, 0.4) is 0 Å². The summed E-state index contributed by atoms with van der Waals surface area (Å²) in [6, 6.07) is 23.1. The summed E-state index contributed by atoms with van der Waals surface area (Å²) in [6.45, 7) is 6.06. The summed E-state index contributed by atoms with van der Waals surface area (Å²) < 4.78 is 7.61. The molecule has 0 bridgehead atoms. The van der Waals surface area contributed by atoms with Crippen LogP contribution >= 0.6 is 11.8 Å². The van der Waals surface area contributed by atoms with E-state index in [1.165, 1.54) is 17.3 Å². The van der Waals surface area contributed by atoms with Crippen LogP contribution in [0, 0.1) is 13.8 Å². The van der Waals surface area contributed by atoms with E-state index in [1.807, 2.05) is 86.6 Å². The highest BCUT2D eigenvalue weighted by Crippen LogP contribution is 2.35. The first-order valence-electron chi connectivity index (χ1n) is 10.7. The molecule has 0 amide bonds. The van der Waals surface area contributed by atoms with Gasteiger partial charge in [0.15, 0.2) is 5.16 Å². The van der Waals surface area contributed by atoms with Crippen molar-refractivity contribution < 1.29 is 4.42 Å². The highest BCUT2D eigenvalue weighted by atomic mass is 32.2. The van der Waals surface area contributed by atoms with Gasteiger partial charge < -0.3 is 4.42 Å². The lowest BCUT2D eigenvalue weighted by molar-refractivity contribution is 0.508. The molecule has 5 rings (SSSR count). The van der Waals surface area contributed by atoms with Crippen molar-refractivity contribution in [2.45, 2.75) is 31.2 Å².